The third-order valence-electron chi connectivity index (χ3n) is 8.56. The van der Waals surface area contributed by atoms with Crippen molar-refractivity contribution in [1.29, 1.82) is 0 Å². The molecule has 1 unspecified atom stereocenters. The first kappa shape index (κ1) is 51.9. The lowest BCUT2D eigenvalue weighted by atomic mass is 10.0. The maximum absolute atomic E-state index is 12.6. The van der Waals surface area contributed by atoms with E-state index in [1.165, 1.54) is 44.9 Å². The van der Waals surface area contributed by atoms with Crippen LogP contribution in [0.2, 0.25) is 0 Å². The normalized spacial score (nSPS) is 15.3. The van der Waals surface area contributed by atoms with Crippen molar-refractivity contribution >= 4 is 19.8 Å². The zero-order valence-corrected chi connectivity index (χ0v) is 35.3. The molecule has 0 radical (unpaired) electrons. The molecule has 0 aliphatic carbocycles. The van der Waals surface area contributed by atoms with E-state index in [9.17, 15) is 29.3 Å². The van der Waals surface area contributed by atoms with E-state index in [1.54, 1.807) is 0 Å². The predicted octanol–water partition coefficient (Wildman–Crippen LogP) is 8.44. The fraction of sp³-hybridized carbons (Fsp3) is 0.762. The molecule has 0 aromatic heterocycles. The number of likely N-dealkylation sites (N-methyl/N-ethyl adjacent to an activating group) is 1. The Morgan fingerprint density at radius 2 is 1.19 bits per heavy atom. The molecular weight excluding hydrogens is 709 g/mol. The van der Waals surface area contributed by atoms with Crippen molar-refractivity contribution < 1.29 is 52.3 Å². The number of ether oxygens (including phenoxy) is 2. The van der Waals surface area contributed by atoms with E-state index in [4.69, 9.17) is 18.5 Å². The number of carbonyl (C=O) groups is 2. The monoisotopic (exact) mass is 786 g/mol. The predicted molar refractivity (Wildman–Crippen MR) is 216 cm³/mol. The number of nitrogens with zero attached hydrogens (tertiary/aromatic N) is 1. The summed E-state index contributed by atoms with van der Waals surface area (Å²) in [6, 6.07) is 0. The number of aliphatic hydroxyl groups excluding tert-OH is 2. The summed E-state index contributed by atoms with van der Waals surface area (Å²) >= 11 is 0. The zero-order valence-electron chi connectivity index (χ0n) is 34.4. The van der Waals surface area contributed by atoms with Crippen LogP contribution in [0.15, 0.2) is 48.6 Å². The van der Waals surface area contributed by atoms with Gasteiger partial charge in [0, 0.05) is 12.8 Å². The van der Waals surface area contributed by atoms with Gasteiger partial charge < -0.3 is 38.1 Å². The molecule has 0 amide bonds. The Hall–Kier alpha value is -2.11. The SMILES string of the molecule is CC/C=C\C/C=C\C/C=C\C/C=C\C[C@H](O)[C@@H](O)CCCC(=O)OC[C@H](COP(=O)([O-])OCC[N+](C)(C)C)OC(=O)CCCCCCCCCCCCC. The smallest absolute Gasteiger partial charge is 0.306 e. The van der Waals surface area contributed by atoms with E-state index in [0.717, 1.165) is 44.9 Å². The van der Waals surface area contributed by atoms with Gasteiger partial charge in [-0.2, -0.15) is 0 Å². The highest BCUT2D eigenvalue weighted by atomic mass is 31.2. The average Bonchev–Trinajstić information content (AvgIpc) is 3.11. The summed E-state index contributed by atoms with van der Waals surface area (Å²) in [4.78, 5) is 37.4. The molecule has 0 fully saturated rings. The minimum atomic E-state index is -4.69. The molecule has 0 saturated heterocycles. The summed E-state index contributed by atoms with van der Waals surface area (Å²) in [5.74, 6) is -1.13. The number of carbonyl (C=O) groups excluding carboxylic acids is 2. The van der Waals surface area contributed by atoms with E-state index in [-0.39, 0.29) is 38.7 Å². The Morgan fingerprint density at radius 3 is 1.74 bits per heavy atom. The molecule has 11 nitrogen and oxygen atoms in total. The van der Waals surface area contributed by atoms with Crippen LogP contribution in [0.1, 0.15) is 142 Å². The van der Waals surface area contributed by atoms with Gasteiger partial charge in [-0.1, -0.05) is 127 Å². The number of esters is 2. The van der Waals surface area contributed by atoms with Crippen molar-refractivity contribution in [3.05, 3.63) is 48.6 Å². The van der Waals surface area contributed by atoms with Gasteiger partial charge in [0.05, 0.1) is 40.0 Å². The van der Waals surface area contributed by atoms with Crippen molar-refractivity contribution in [2.24, 2.45) is 0 Å². The van der Waals surface area contributed by atoms with Crippen LogP contribution in [0.4, 0.5) is 0 Å². The molecule has 0 saturated carbocycles. The summed E-state index contributed by atoms with van der Waals surface area (Å²) in [6.07, 6.45) is 30.3. The molecule has 0 rings (SSSR count). The van der Waals surface area contributed by atoms with Crippen molar-refractivity contribution in [2.75, 3.05) is 47.5 Å². The fourth-order valence-corrected chi connectivity index (χ4v) is 5.94. The molecule has 12 heteroatoms. The Balaban J connectivity index is 4.64. The topological polar surface area (TPSA) is 152 Å². The number of hydrogen-bond acceptors (Lipinski definition) is 10. The van der Waals surface area contributed by atoms with Gasteiger partial charge in [0.15, 0.2) is 6.10 Å². The van der Waals surface area contributed by atoms with Crippen LogP contribution in [0.3, 0.4) is 0 Å². The third kappa shape index (κ3) is 35.6. The van der Waals surface area contributed by atoms with Gasteiger partial charge >= 0.3 is 11.9 Å². The Morgan fingerprint density at radius 1 is 0.667 bits per heavy atom. The van der Waals surface area contributed by atoms with Crippen LogP contribution in [0.25, 0.3) is 0 Å². The van der Waals surface area contributed by atoms with Crippen LogP contribution >= 0.6 is 7.82 Å². The van der Waals surface area contributed by atoms with Crippen molar-refractivity contribution in [1.82, 2.24) is 0 Å². The highest BCUT2D eigenvalue weighted by molar-refractivity contribution is 7.45. The molecule has 0 bridgehead atoms. The minimum Gasteiger partial charge on any atom is -0.756 e. The first-order valence-corrected chi connectivity index (χ1v) is 22.0. The second-order valence-corrected chi connectivity index (χ2v) is 16.3. The Labute approximate surface area is 328 Å². The molecule has 0 aliphatic heterocycles. The van der Waals surface area contributed by atoms with Gasteiger partial charge in [-0.3, -0.25) is 14.2 Å². The second kappa shape index (κ2) is 34.2. The van der Waals surface area contributed by atoms with Crippen LogP contribution < -0.4 is 4.89 Å². The quantitative estimate of drug-likeness (QED) is 0.0208. The third-order valence-corrected chi connectivity index (χ3v) is 9.53. The Kier molecular flexibility index (Phi) is 32.8. The molecule has 0 spiro atoms. The average molecular weight is 786 g/mol. The first-order valence-electron chi connectivity index (χ1n) is 20.5. The number of unbranched alkanes of at least 4 members (excludes halogenated alkanes) is 10. The van der Waals surface area contributed by atoms with Crippen molar-refractivity contribution in [2.45, 2.75) is 161 Å². The van der Waals surface area contributed by atoms with Crippen LogP contribution in [0.5, 0.6) is 0 Å². The molecule has 4 atom stereocenters. The maximum Gasteiger partial charge on any atom is 0.306 e. The number of aliphatic hydroxyl groups is 2. The number of rotatable bonds is 36. The summed E-state index contributed by atoms with van der Waals surface area (Å²) in [5.41, 5.74) is 0. The van der Waals surface area contributed by atoms with Gasteiger partial charge in [-0.25, -0.2) is 0 Å². The molecule has 314 valence electrons. The minimum absolute atomic E-state index is 0.0395. The highest BCUT2D eigenvalue weighted by Gasteiger charge is 2.22. The first-order chi connectivity index (χ1) is 25.8. The van der Waals surface area contributed by atoms with Crippen molar-refractivity contribution in [3.63, 3.8) is 0 Å². The molecule has 0 aromatic rings. The summed E-state index contributed by atoms with van der Waals surface area (Å²) < 4.78 is 33.6. The summed E-state index contributed by atoms with van der Waals surface area (Å²) in [6.45, 7) is 3.74. The lowest BCUT2D eigenvalue weighted by Crippen LogP contribution is -2.37. The van der Waals surface area contributed by atoms with E-state index >= 15 is 0 Å². The highest BCUT2D eigenvalue weighted by Crippen LogP contribution is 2.38. The lowest BCUT2D eigenvalue weighted by molar-refractivity contribution is -0.870. The summed E-state index contributed by atoms with van der Waals surface area (Å²) in [5, 5.41) is 20.7. The van der Waals surface area contributed by atoms with Gasteiger partial charge in [-0.15, -0.1) is 0 Å². The van der Waals surface area contributed by atoms with Gasteiger partial charge in [0.1, 0.15) is 19.8 Å². The largest absolute Gasteiger partial charge is 0.756 e. The lowest BCUT2D eigenvalue weighted by Gasteiger charge is -2.28. The second-order valence-electron chi connectivity index (χ2n) is 14.9. The van der Waals surface area contributed by atoms with E-state index in [2.05, 4.69) is 50.3 Å². The van der Waals surface area contributed by atoms with Crippen LogP contribution in [-0.2, 0) is 32.7 Å². The number of quaternary nitrogens is 1. The number of phosphoric acid groups is 1. The van der Waals surface area contributed by atoms with E-state index in [1.807, 2.05) is 33.3 Å². The molecular formula is C42H76NO10P. The van der Waals surface area contributed by atoms with Crippen LogP contribution in [0, 0.1) is 0 Å². The molecule has 54 heavy (non-hydrogen) atoms. The number of allylic oxidation sites excluding steroid dienone is 7. The van der Waals surface area contributed by atoms with Gasteiger partial charge in [-0.05, 0) is 51.4 Å². The zero-order chi connectivity index (χ0) is 40.3. The fourth-order valence-electron chi connectivity index (χ4n) is 5.21. The molecule has 2 N–H and O–H groups in total. The molecule has 0 aliphatic rings. The number of hydrogen-bond donors (Lipinski definition) is 2. The van der Waals surface area contributed by atoms with E-state index < -0.39 is 51.3 Å². The maximum atomic E-state index is 12.6. The number of phosphoric ester groups is 1. The van der Waals surface area contributed by atoms with E-state index in [0.29, 0.717) is 17.4 Å². The Bertz CT molecular complexity index is 1100. The van der Waals surface area contributed by atoms with Crippen molar-refractivity contribution in [3.8, 4) is 0 Å². The van der Waals surface area contributed by atoms with Gasteiger partial charge in [0.2, 0.25) is 0 Å². The summed E-state index contributed by atoms with van der Waals surface area (Å²) in [7, 11) is 1.01. The molecule has 0 heterocycles. The van der Waals surface area contributed by atoms with Crippen LogP contribution in [-0.4, -0.2) is 92.5 Å². The molecule has 0 aromatic carbocycles. The standard InChI is InChI=1S/C42H76NO10P/c1-6-8-10-12-14-16-18-20-21-23-25-27-30-39(44)40(45)31-29-33-41(46)50-36-38(37-52-54(48,49)51-35-34-43(3,4)5)53-42(47)32-28-26-24-22-19-17-15-13-11-9-7-2/h8,10,14,16,20-21,25,27,38-40,44-45H,6-7,9,11-13,15,17-19,22-24,26,28-37H2,1-5H3/b10-8-,16-14-,21-20-,27-25-/t38-,39+,40+/m1/s1. The van der Waals surface area contributed by atoms with Gasteiger partial charge in [0.25, 0.3) is 7.82 Å².